The average molecular weight is 394 g/mol. The molecule has 0 fully saturated rings. The molecule has 0 unspecified atom stereocenters. The van der Waals surface area contributed by atoms with Gasteiger partial charge in [-0.15, -0.1) is 0 Å². The molecule has 4 rings (SSSR count). The Hall–Kier alpha value is -2.66. The van der Waals surface area contributed by atoms with E-state index in [1.807, 2.05) is 53.4 Å². The van der Waals surface area contributed by atoms with E-state index in [1.165, 1.54) is 5.56 Å². The summed E-state index contributed by atoms with van der Waals surface area (Å²) in [6.45, 7) is 0.710. The highest BCUT2D eigenvalue weighted by Crippen LogP contribution is 2.29. The Morgan fingerprint density at radius 2 is 1.92 bits per heavy atom. The number of halogens is 1. The van der Waals surface area contributed by atoms with Crippen molar-refractivity contribution in [2.45, 2.75) is 6.42 Å². The molecule has 1 aromatic heterocycles. The minimum absolute atomic E-state index is 0.0182. The van der Waals surface area contributed by atoms with Gasteiger partial charge in [0, 0.05) is 28.6 Å². The Kier molecular flexibility index (Phi) is 4.24. The summed E-state index contributed by atoms with van der Waals surface area (Å²) in [6.07, 6.45) is 4.23. The zero-order valence-electron chi connectivity index (χ0n) is 13.4. The van der Waals surface area contributed by atoms with Gasteiger partial charge in [-0.25, -0.2) is 0 Å². The minimum atomic E-state index is -0.0182. The Morgan fingerprint density at radius 1 is 1.04 bits per heavy atom. The zero-order valence-corrected chi connectivity index (χ0v) is 15.0. The van der Waals surface area contributed by atoms with Crippen LogP contribution < -0.4 is 10.2 Å². The van der Waals surface area contributed by atoms with Crippen molar-refractivity contribution in [1.82, 2.24) is 4.98 Å². The fourth-order valence-corrected chi connectivity index (χ4v) is 3.46. The van der Waals surface area contributed by atoms with Gasteiger partial charge in [0.25, 0.3) is 5.91 Å². The highest BCUT2D eigenvalue weighted by Gasteiger charge is 2.25. The number of hydrogen-bond donors (Lipinski definition) is 1. The average Bonchev–Trinajstić information content (AvgIpc) is 3.05. The second-order valence-electron chi connectivity index (χ2n) is 5.93. The number of fused-ring (bicyclic) bond motifs is 1. The molecule has 1 aliphatic heterocycles. The number of anilines is 3. The lowest BCUT2D eigenvalue weighted by molar-refractivity contribution is 0.0989. The maximum absolute atomic E-state index is 12.9. The van der Waals surface area contributed by atoms with Crippen molar-refractivity contribution in [3.63, 3.8) is 0 Å². The first-order valence-electron chi connectivity index (χ1n) is 8.08. The quantitative estimate of drug-likeness (QED) is 0.695. The van der Waals surface area contributed by atoms with Crippen LogP contribution in [-0.4, -0.2) is 17.4 Å². The summed E-state index contributed by atoms with van der Waals surface area (Å²) in [5.74, 6) is -0.0182. The molecule has 25 heavy (non-hydrogen) atoms. The smallest absolute Gasteiger partial charge is 0.259 e. The molecule has 5 heteroatoms. The Balaban J connectivity index is 1.58. The first kappa shape index (κ1) is 15.8. The fourth-order valence-electron chi connectivity index (χ4n) is 3.06. The molecule has 0 bridgehead atoms. The predicted octanol–water partition coefficient (Wildman–Crippen LogP) is 4.79. The third kappa shape index (κ3) is 3.28. The molecule has 1 amide bonds. The molecule has 0 saturated heterocycles. The van der Waals surface area contributed by atoms with E-state index in [0.29, 0.717) is 12.1 Å². The largest absolute Gasteiger partial charge is 0.354 e. The van der Waals surface area contributed by atoms with Crippen LogP contribution in [0.2, 0.25) is 0 Å². The van der Waals surface area contributed by atoms with Crippen molar-refractivity contribution in [1.29, 1.82) is 0 Å². The molecule has 0 aliphatic carbocycles. The summed E-state index contributed by atoms with van der Waals surface area (Å²) >= 11 is 3.46. The maximum Gasteiger partial charge on any atom is 0.259 e. The van der Waals surface area contributed by atoms with Crippen LogP contribution in [0.3, 0.4) is 0 Å². The second-order valence-corrected chi connectivity index (χ2v) is 6.85. The van der Waals surface area contributed by atoms with E-state index in [9.17, 15) is 4.79 Å². The summed E-state index contributed by atoms with van der Waals surface area (Å²) in [5, 5.41) is 3.29. The van der Waals surface area contributed by atoms with Gasteiger partial charge in [0.05, 0.1) is 17.4 Å². The van der Waals surface area contributed by atoms with Gasteiger partial charge in [-0.1, -0.05) is 40.2 Å². The normalized spacial score (nSPS) is 12.8. The summed E-state index contributed by atoms with van der Waals surface area (Å²) < 4.78 is 0.992. The lowest BCUT2D eigenvalue weighted by atomic mass is 10.2. The third-order valence-corrected chi connectivity index (χ3v) is 4.72. The number of nitrogens with one attached hydrogen (secondary N) is 1. The molecule has 0 spiro atoms. The number of amides is 1. The van der Waals surface area contributed by atoms with Crippen LogP contribution >= 0.6 is 15.9 Å². The molecule has 0 radical (unpaired) electrons. The van der Waals surface area contributed by atoms with E-state index < -0.39 is 0 Å². The van der Waals surface area contributed by atoms with E-state index in [0.717, 1.165) is 28.0 Å². The fraction of sp³-hybridized carbons (Fsp3) is 0.100. The van der Waals surface area contributed by atoms with Gasteiger partial charge < -0.3 is 10.2 Å². The number of carbonyl (C=O) groups is 1. The van der Waals surface area contributed by atoms with Crippen molar-refractivity contribution in [3.05, 3.63) is 82.6 Å². The minimum Gasteiger partial charge on any atom is -0.354 e. The topological polar surface area (TPSA) is 45.2 Å². The van der Waals surface area contributed by atoms with Crippen LogP contribution in [0, 0.1) is 0 Å². The lowest BCUT2D eigenvalue weighted by Crippen LogP contribution is -2.29. The van der Waals surface area contributed by atoms with Crippen molar-refractivity contribution >= 4 is 38.9 Å². The molecule has 124 valence electrons. The second kappa shape index (κ2) is 6.69. The summed E-state index contributed by atoms with van der Waals surface area (Å²) in [7, 11) is 0. The van der Waals surface area contributed by atoms with Gasteiger partial charge >= 0.3 is 0 Å². The number of carbonyl (C=O) groups excluding carboxylic acids is 1. The van der Waals surface area contributed by atoms with E-state index in [-0.39, 0.29) is 5.91 Å². The molecule has 0 atom stereocenters. The third-order valence-electron chi connectivity index (χ3n) is 4.23. The molecule has 3 aromatic rings. The molecule has 4 nitrogen and oxygen atoms in total. The molecular weight excluding hydrogens is 378 g/mol. The standard InChI is InChI=1S/C20H16BrN3O/c21-16-5-3-6-17(11-16)23-18-10-15(12-22-13-18)20(25)24-9-8-14-4-1-2-7-19(14)24/h1-7,10-13,23H,8-9H2. The van der Waals surface area contributed by atoms with Crippen molar-refractivity contribution in [2.75, 3.05) is 16.8 Å². The SMILES string of the molecule is O=C(c1cncc(Nc2cccc(Br)c2)c1)N1CCc2ccccc21. The van der Waals surface area contributed by atoms with E-state index in [1.54, 1.807) is 12.4 Å². The zero-order chi connectivity index (χ0) is 17.2. The predicted molar refractivity (Wildman–Crippen MR) is 103 cm³/mol. The Bertz CT molecular complexity index is 941. The Morgan fingerprint density at radius 3 is 2.80 bits per heavy atom. The van der Waals surface area contributed by atoms with Gasteiger partial charge in [-0.2, -0.15) is 0 Å². The number of hydrogen-bond acceptors (Lipinski definition) is 3. The first-order valence-corrected chi connectivity index (χ1v) is 8.87. The van der Waals surface area contributed by atoms with Gasteiger partial charge in [-0.05, 0) is 42.3 Å². The molecule has 1 aliphatic rings. The van der Waals surface area contributed by atoms with E-state index in [2.05, 4.69) is 32.3 Å². The van der Waals surface area contributed by atoms with Crippen LogP contribution in [0.4, 0.5) is 17.1 Å². The first-order chi connectivity index (χ1) is 12.2. The molecule has 0 saturated carbocycles. The number of rotatable bonds is 3. The summed E-state index contributed by atoms with van der Waals surface area (Å²) in [6, 6.07) is 17.8. The number of para-hydroxylation sites is 1. The highest BCUT2D eigenvalue weighted by molar-refractivity contribution is 9.10. The van der Waals surface area contributed by atoms with Crippen LogP contribution in [0.5, 0.6) is 0 Å². The molecule has 2 aromatic carbocycles. The van der Waals surface area contributed by atoms with Gasteiger partial charge in [0.1, 0.15) is 0 Å². The molecule has 1 N–H and O–H groups in total. The summed E-state index contributed by atoms with van der Waals surface area (Å²) in [4.78, 5) is 19.0. The van der Waals surface area contributed by atoms with E-state index >= 15 is 0 Å². The molecule has 2 heterocycles. The van der Waals surface area contributed by atoms with Crippen LogP contribution in [0.1, 0.15) is 15.9 Å². The van der Waals surface area contributed by atoms with Gasteiger partial charge in [0.2, 0.25) is 0 Å². The maximum atomic E-state index is 12.9. The van der Waals surface area contributed by atoms with Gasteiger partial charge in [0.15, 0.2) is 0 Å². The number of benzene rings is 2. The van der Waals surface area contributed by atoms with Crippen LogP contribution in [0.25, 0.3) is 0 Å². The number of nitrogens with zero attached hydrogens (tertiary/aromatic N) is 2. The van der Waals surface area contributed by atoms with Gasteiger partial charge in [-0.3, -0.25) is 9.78 Å². The van der Waals surface area contributed by atoms with Crippen LogP contribution in [0.15, 0.2) is 71.5 Å². The Labute approximate surface area is 154 Å². The van der Waals surface area contributed by atoms with Crippen molar-refractivity contribution in [3.8, 4) is 0 Å². The molecular formula is C20H16BrN3O. The summed E-state index contributed by atoms with van der Waals surface area (Å²) in [5.41, 5.74) is 4.52. The highest BCUT2D eigenvalue weighted by atomic mass is 79.9. The van der Waals surface area contributed by atoms with Crippen molar-refractivity contribution < 1.29 is 4.79 Å². The monoisotopic (exact) mass is 393 g/mol. The lowest BCUT2D eigenvalue weighted by Gasteiger charge is -2.17. The number of aromatic nitrogens is 1. The van der Waals surface area contributed by atoms with Crippen LogP contribution in [-0.2, 0) is 6.42 Å². The number of pyridine rings is 1. The van der Waals surface area contributed by atoms with E-state index in [4.69, 9.17) is 0 Å². The van der Waals surface area contributed by atoms with Crippen molar-refractivity contribution in [2.24, 2.45) is 0 Å².